The molecule has 3 unspecified atom stereocenters. The van der Waals surface area contributed by atoms with Crippen LogP contribution in [0.3, 0.4) is 0 Å². The first-order valence-electron chi connectivity index (χ1n) is 7.59. The maximum absolute atomic E-state index is 12.1. The number of hydrogen-bond acceptors (Lipinski definition) is 3. The molecule has 0 aromatic heterocycles. The summed E-state index contributed by atoms with van der Waals surface area (Å²) in [4.78, 5) is 14.4. The first-order chi connectivity index (χ1) is 8.99. The highest BCUT2D eigenvalue weighted by atomic mass is 16.5. The fourth-order valence-corrected chi connectivity index (χ4v) is 3.52. The van der Waals surface area contributed by atoms with Gasteiger partial charge in [-0.05, 0) is 52.4 Å². The number of nitrogens with zero attached hydrogens (tertiary/aromatic N) is 1. The highest BCUT2D eigenvalue weighted by molar-refractivity contribution is 5.74. The van der Waals surface area contributed by atoms with Crippen LogP contribution in [0.25, 0.3) is 0 Å². The fourth-order valence-electron chi connectivity index (χ4n) is 3.52. The lowest BCUT2D eigenvalue weighted by molar-refractivity contribution is -0.150. The highest BCUT2D eigenvalue weighted by Gasteiger charge is 2.40. The Hall–Kier alpha value is -0.830. The molecular formula is C16H27NO2. The quantitative estimate of drug-likeness (QED) is 0.546. The summed E-state index contributed by atoms with van der Waals surface area (Å²) in [5.74, 6) is 1.22. The van der Waals surface area contributed by atoms with Crippen molar-refractivity contribution in [2.75, 3.05) is 13.2 Å². The van der Waals surface area contributed by atoms with E-state index in [-0.39, 0.29) is 11.9 Å². The van der Waals surface area contributed by atoms with Crippen molar-refractivity contribution in [3.8, 4) is 0 Å². The molecule has 0 aromatic rings. The maximum Gasteiger partial charge on any atom is 0.309 e. The number of allylic oxidation sites excluding steroid dienone is 2. The van der Waals surface area contributed by atoms with Gasteiger partial charge in [-0.3, -0.25) is 9.69 Å². The number of ether oxygens (including phenoxy) is 1. The molecule has 0 saturated heterocycles. The zero-order valence-corrected chi connectivity index (χ0v) is 12.6. The molecule has 2 bridgehead atoms. The van der Waals surface area contributed by atoms with E-state index in [1.165, 1.54) is 0 Å². The number of fused-ring (bicyclic) bond motifs is 2. The highest BCUT2D eigenvalue weighted by Crippen LogP contribution is 2.43. The van der Waals surface area contributed by atoms with Gasteiger partial charge in [-0.2, -0.15) is 0 Å². The summed E-state index contributed by atoms with van der Waals surface area (Å²) in [5, 5.41) is 0. The van der Waals surface area contributed by atoms with Crippen molar-refractivity contribution in [2.24, 2.45) is 17.8 Å². The van der Waals surface area contributed by atoms with Gasteiger partial charge in [0.05, 0.1) is 5.92 Å². The van der Waals surface area contributed by atoms with E-state index in [0.29, 0.717) is 30.5 Å². The van der Waals surface area contributed by atoms with Gasteiger partial charge in [0.2, 0.25) is 0 Å². The Balaban J connectivity index is 1.73. The summed E-state index contributed by atoms with van der Waals surface area (Å²) in [5.41, 5.74) is 0. The van der Waals surface area contributed by atoms with Crippen molar-refractivity contribution in [2.45, 2.75) is 52.6 Å². The fraction of sp³-hybridized carbons (Fsp3) is 0.812. The molecule has 0 amide bonds. The molecule has 2 aliphatic carbocycles. The van der Waals surface area contributed by atoms with Crippen LogP contribution >= 0.6 is 0 Å². The monoisotopic (exact) mass is 265 g/mol. The Morgan fingerprint density at radius 3 is 2.37 bits per heavy atom. The number of esters is 1. The van der Waals surface area contributed by atoms with E-state index in [2.05, 4.69) is 44.7 Å². The zero-order chi connectivity index (χ0) is 14.0. The smallest absolute Gasteiger partial charge is 0.309 e. The Labute approximate surface area is 117 Å². The Morgan fingerprint density at radius 2 is 1.89 bits per heavy atom. The Morgan fingerprint density at radius 1 is 1.21 bits per heavy atom. The molecule has 1 saturated carbocycles. The molecule has 108 valence electrons. The normalized spacial score (nSPS) is 28.9. The van der Waals surface area contributed by atoms with Crippen molar-refractivity contribution < 1.29 is 9.53 Å². The summed E-state index contributed by atoms with van der Waals surface area (Å²) in [6, 6.07) is 0.980. The van der Waals surface area contributed by atoms with Crippen molar-refractivity contribution >= 4 is 5.97 Å². The lowest BCUT2D eigenvalue weighted by atomic mass is 9.94. The van der Waals surface area contributed by atoms with Gasteiger partial charge in [0, 0.05) is 18.6 Å². The van der Waals surface area contributed by atoms with E-state index in [0.717, 1.165) is 19.4 Å². The molecule has 0 radical (unpaired) electrons. The maximum atomic E-state index is 12.1. The molecule has 19 heavy (non-hydrogen) atoms. The van der Waals surface area contributed by atoms with Gasteiger partial charge in [-0.1, -0.05) is 12.2 Å². The third-order valence-corrected chi connectivity index (χ3v) is 4.50. The van der Waals surface area contributed by atoms with Crippen LogP contribution in [0.2, 0.25) is 0 Å². The summed E-state index contributed by atoms with van der Waals surface area (Å²) in [6.07, 6.45) is 6.62. The van der Waals surface area contributed by atoms with Gasteiger partial charge in [-0.25, -0.2) is 0 Å². The molecule has 2 aliphatic rings. The van der Waals surface area contributed by atoms with Gasteiger partial charge in [0.25, 0.3) is 0 Å². The second kappa shape index (κ2) is 6.08. The largest absolute Gasteiger partial charge is 0.464 e. The van der Waals surface area contributed by atoms with Gasteiger partial charge < -0.3 is 4.74 Å². The first-order valence-corrected chi connectivity index (χ1v) is 7.59. The van der Waals surface area contributed by atoms with Crippen LogP contribution in [0.4, 0.5) is 0 Å². The van der Waals surface area contributed by atoms with E-state index in [1.807, 2.05) is 0 Å². The molecule has 3 atom stereocenters. The molecule has 2 rings (SSSR count). The minimum Gasteiger partial charge on any atom is -0.464 e. The van der Waals surface area contributed by atoms with Crippen LogP contribution in [-0.4, -0.2) is 36.1 Å². The molecule has 0 aromatic carbocycles. The molecule has 0 aliphatic heterocycles. The van der Waals surface area contributed by atoms with Crippen LogP contribution in [0, 0.1) is 17.8 Å². The molecule has 1 fully saturated rings. The van der Waals surface area contributed by atoms with Crippen LogP contribution in [0.5, 0.6) is 0 Å². The SMILES string of the molecule is CC(C)N(CCOC(=O)C1CC2C=CC1C2)C(C)C. The van der Waals surface area contributed by atoms with Crippen molar-refractivity contribution in [3.05, 3.63) is 12.2 Å². The van der Waals surface area contributed by atoms with E-state index < -0.39 is 0 Å². The molecule has 3 heteroatoms. The number of rotatable bonds is 6. The Kier molecular flexibility index (Phi) is 4.67. The van der Waals surface area contributed by atoms with Gasteiger partial charge in [-0.15, -0.1) is 0 Å². The molecule has 0 spiro atoms. The second-order valence-corrected chi connectivity index (χ2v) is 6.48. The molecular weight excluding hydrogens is 238 g/mol. The Bertz CT molecular complexity index is 341. The summed E-state index contributed by atoms with van der Waals surface area (Å²) >= 11 is 0. The van der Waals surface area contributed by atoms with E-state index >= 15 is 0 Å². The van der Waals surface area contributed by atoms with E-state index in [1.54, 1.807) is 0 Å². The minimum absolute atomic E-state index is 0.0179. The lowest BCUT2D eigenvalue weighted by Crippen LogP contribution is -2.40. The zero-order valence-electron chi connectivity index (χ0n) is 12.6. The van der Waals surface area contributed by atoms with Gasteiger partial charge >= 0.3 is 5.97 Å². The van der Waals surface area contributed by atoms with Gasteiger partial charge in [0.15, 0.2) is 0 Å². The summed E-state index contributed by atoms with van der Waals surface area (Å²) < 4.78 is 5.49. The average Bonchev–Trinajstić information content (AvgIpc) is 2.95. The van der Waals surface area contributed by atoms with Crippen molar-refractivity contribution in [3.63, 3.8) is 0 Å². The van der Waals surface area contributed by atoms with Crippen LogP contribution in [0.15, 0.2) is 12.2 Å². The predicted octanol–water partition coefficient (Wildman–Crippen LogP) is 2.86. The van der Waals surface area contributed by atoms with Crippen molar-refractivity contribution in [1.29, 1.82) is 0 Å². The lowest BCUT2D eigenvalue weighted by Gasteiger charge is -2.30. The third-order valence-electron chi connectivity index (χ3n) is 4.50. The van der Waals surface area contributed by atoms with Crippen LogP contribution in [-0.2, 0) is 9.53 Å². The average molecular weight is 265 g/mol. The molecule has 0 N–H and O–H groups in total. The molecule has 3 nitrogen and oxygen atoms in total. The minimum atomic E-state index is 0.0179. The van der Waals surface area contributed by atoms with E-state index in [4.69, 9.17) is 4.74 Å². The predicted molar refractivity (Wildman–Crippen MR) is 76.8 cm³/mol. The van der Waals surface area contributed by atoms with Gasteiger partial charge in [0.1, 0.15) is 6.61 Å². The third kappa shape index (κ3) is 3.38. The topological polar surface area (TPSA) is 29.5 Å². The standard InChI is InChI=1S/C16H27NO2/c1-11(2)17(12(3)4)7-8-19-16(18)15-10-13-5-6-14(15)9-13/h5-6,11-15H,7-10H2,1-4H3. The number of hydrogen-bond donors (Lipinski definition) is 0. The number of carbonyl (C=O) groups excluding carboxylic acids is 1. The summed E-state index contributed by atoms with van der Waals surface area (Å²) in [7, 11) is 0. The number of carbonyl (C=O) groups is 1. The molecule has 0 heterocycles. The summed E-state index contributed by atoms with van der Waals surface area (Å²) in [6.45, 7) is 10.1. The van der Waals surface area contributed by atoms with E-state index in [9.17, 15) is 4.79 Å². The van der Waals surface area contributed by atoms with Crippen molar-refractivity contribution in [1.82, 2.24) is 4.90 Å². The first kappa shape index (κ1) is 14.6. The second-order valence-electron chi connectivity index (χ2n) is 6.48. The van der Waals surface area contributed by atoms with Crippen LogP contribution in [0.1, 0.15) is 40.5 Å². The van der Waals surface area contributed by atoms with Crippen LogP contribution < -0.4 is 0 Å².